The Labute approximate surface area is 134 Å². The van der Waals surface area contributed by atoms with E-state index >= 15 is 0 Å². The van der Waals surface area contributed by atoms with Gasteiger partial charge in [0, 0.05) is 10.2 Å². The maximum absolute atomic E-state index is 11.7. The van der Waals surface area contributed by atoms with Crippen LogP contribution < -0.4 is 11.1 Å². The molecule has 3 N–H and O–H groups in total. The van der Waals surface area contributed by atoms with Crippen molar-refractivity contribution in [3.8, 4) is 0 Å². The number of aryl methyl sites for hydroxylation is 1. The molecular formula is C14H14BrN3O2S. The van der Waals surface area contributed by atoms with Crippen LogP contribution in [0.15, 0.2) is 45.3 Å². The number of rotatable bonds is 5. The molecule has 0 aliphatic rings. The highest BCUT2D eigenvalue weighted by atomic mass is 79.9. The molecule has 7 heteroatoms. The molecule has 21 heavy (non-hydrogen) atoms. The molecule has 0 saturated carbocycles. The minimum absolute atomic E-state index is 0.193. The highest BCUT2D eigenvalue weighted by Crippen LogP contribution is 2.19. The maximum atomic E-state index is 11.7. The fraction of sp³-hybridized carbons (Fsp3) is 0.143. The van der Waals surface area contributed by atoms with Crippen molar-refractivity contribution in [3.63, 3.8) is 0 Å². The van der Waals surface area contributed by atoms with Crippen LogP contribution in [0.5, 0.6) is 0 Å². The predicted molar refractivity (Wildman–Crippen MR) is 88.5 cm³/mol. The number of thiophene rings is 1. The van der Waals surface area contributed by atoms with Gasteiger partial charge in [-0.2, -0.15) is 0 Å². The lowest BCUT2D eigenvalue weighted by Gasteiger charge is -2.06. The van der Waals surface area contributed by atoms with Crippen LogP contribution >= 0.6 is 27.3 Å². The number of nitrogens with zero attached hydrogens (tertiary/aromatic N) is 1. The molecule has 0 aliphatic carbocycles. The zero-order valence-corrected chi connectivity index (χ0v) is 13.7. The molecule has 0 saturated heterocycles. The Morgan fingerprint density at radius 2 is 2.29 bits per heavy atom. The van der Waals surface area contributed by atoms with Crippen molar-refractivity contribution < 1.29 is 9.63 Å². The van der Waals surface area contributed by atoms with E-state index in [1.54, 1.807) is 6.07 Å². The van der Waals surface area contributed by atoms with Crippen molar-refractivity contribution in [2.75, 3.05) is 11.9 Å². The number of amides is 1. The summed E-state index contributed by atoms with van der Waals surface area (Å²) in [5, 5.41) is 8.33. The molecular weight excluding hydrogens is 354 g/mol. The second kappa shape index (κ2) is 7.24. The monoisotopic (exact) mass is 367 g/mol. The molecule has 0 fully saturated rings. The number of oxime groups is 1. The van der Waals surface area contributed by atoms with Crippen LogP contribution in [-0.2, 0) is 9.63 Å². The number of nitrogens with one attached hydrogen (secondary N) is 1. The van der Waals surface area contributed by atoms with E-state index < -0.39 is 0 Å². The Morgan fingerprint density at radius 3 is 2.95 bits per heavy atom. The van der Waals surface area contributed by atoms with E-state index in [0.717, 1.165) is 14.9 Å². The van der Waals surface area contributed by atoms with Crippen LogP contribution in [0, 0.1) is 6.92 Å². The summed E-state index contributed by atoms with van der Waals surface area (Å²) in [6, 6.07) is 9.24. The number of carbonyl (C=O) groups is 1. The first-order valence-electron chi connectivity index (χ1n) is 6.11. The number of hydrogen-bond acceptors (Lipinski definition) is 4. The van der Waals surface area contributed by atoms with E-state index in [9.17, 15) is 4.79 Å². The van der Waals surface area contributed by atoms with Gasteiger partial charge in [0.15, 0.2) is 12.4 Å². The second-order valence-corrected chi connectivity index (χ2v) is 6.04. The van der Waals surface area contributed by atoms with Crippen molar-refractivity contribution in [1.29, 1.82) is 0 Å². The van der Waals surface area contributed by atoms with E-state index in [1.807, 2.05) is 36.6 Å². The molecule has 0 aliphatic heterocycles. The molecule has 0 unspecified atom stereocenters. The SMILES string of the molecule is Cc1cc(NC(=O)CO/N=C(/N)c2cccs2)ccc1Br. The van der Waals surface area contributed by atoms with Crippen molar-refractivity contribution in [2.45, 2.75) is 6.92 Å². The van der Waals surface area contributed by atoms with Crippen molar-refractivity contribution in [3.05, 3.63) is 50.6 Å². The normalized spacial score (nSPS) is 11.2. The molecule has 1 aromatic carbocycles. The molecule has 5 nitrogen and oxygen atoms in total. The number of benzene rings is 1. The van der Waals surface area contributed by atoms with E-state index in [2.05, 4.69) is 26.4 Å². The van der Waals surface area contributed by atoms with Crippen LogP contribution in [0.1, 0.15) is 10.4 Å². The topological polar surface area (TPSA) is 76.7 Å². The lowest BCUT2D eigenvalue weighted by molar-refractivity contribution is -0.120. The van der Waals surface area contributed by atoms with Gasteiger partial charge in [0.1, 0.15) is 0 Å². The average molecular weight is 368 g/mol. The molecule has 1 heterocycles. The number of halogens is 1. The van der Waals surface area contributed by atoms with E-state index in [4.69, 9.17) is 10.6 Å². The zero-order valence-electron chi connectivity index (χ0n) is 11.3. The lowest BCUT2D eigenvalue weighted by Crippen LogP contribution is -2.19. The summed E-state index contributed by atoms with van der Waals surface area (Å²) >= 11 is 4.86. The summed E-state index contributed by atoms with van der Waals surface area (Å²) in [6.45, 7) is 1.75. The lowest BCUT2D eigenvalue weighted by atomic mass is 10.2. The molecule has 110 valence electrons. The molecule has 1 amide bonds. The molecule has 0 spiro atoms. The molecule has 1 aromatic heterocycles. The Balaban J connectivity index is 1.85. The van der Waals surface area contributed by atoms with E-state index in [1.165, 1.54) is 11.3 Å². The number of amidine groups is 1. The van der Waals surface area contributed by atoms with Crippen molar-refractivity contribution in [2.24, 2.45) is 10.9 Å². The predicted octanol–water partition coefficient (Wildman–Crippen LogP) is 3.09. The highest BCUT2D eigenvalue weighted by Gasteiger charge is 2.05. The largest absolute Gasteiger partial charge is 0.384 e. The van der Waals surface area contributed by atoms with Gasteiger partial charge in [-0.15, -0.1) is 11.3 Å². The molecule has 2 aromatic rings. The minimum Gasteiger partial charge on any atom is -0.384 e. The molecule has 0 bridgehead atoms. The third kappa shape index (κ3) is 4.57. The minimum atomic E-state index is -0.292. The molecule has 0 radical (unpaired) electrons. The van der Waals surface area contributed by atoms with Gasteiger partial charge in [0.2, 0.25) is 0 Å². The van der Waals surface area contributed by atoms with Crippen LogP contribution in [0.4, 0.5) is 5.69 Å². The smallest absolute Gasteiger partial charge is 0.265 e. The zero-order chi connectivity index (χ0) is 15.2. The van der Waals surface area contributed by atoms with Gasteiger partial charge in [0.25, 0.3) is 5.91 Å². The summed E-state index contributed by atoms with van der Waals surface area (Å²) in [5.74, 6) is -0.0308. The van der Waals surface area contributed by atoms with Crippen LogP contribution in [0.3, 0.4) is 0 Å². The second-order valence-electron chi connectivity index (χ2n) is 4.24. The summed E-state index contributed by atoms with van der Waals surface area (Å²) in [6.07, 6.45) is 0. The fourth-order valence-electron chi connectivity index (χ4n) is 1.55. The Hall–Kier alpha value is -1.86. The van der Waals surface area contributed by atoms with Gasteiger partial charge in [-0.05, 0) is 42.1 Å². The van der Waals surface area contributed by atoms with E-state index in [0.29, 0.717) is 5.69 Å². The highest BCUT2D eigenvalue weighted by molar-refractivity contribution is 9.10. The van der Waals surface area contributed by atoms with Gasteiger partial charge in [-0.3, -0.25) is 4.79 Å². The molecule has 0 atom stereocenters. The standard InChI is InChI=1S/C14H14BrN3O2S/c1-9-7-10(4-5-11(9)15)17-13(19)8-20-18-14(16)12-3-2-6-21-12/h2-7H,8H2,1H3,(H2,16,18)(H,17,19). The Morgan fingerprint density at radius 1 is 1.48 bits per heavy atom. The van der Waals surface area contributed by atoms with Gasteiger partial charge in [0.05, 0.1) is 4.88 Å². The van der Waals surface area contributed by atoms with Crippen LogP contribution in [0.2, 0.25) is 0 Å². The number of nitrogens with two attached hydrogens (primary N) is 1. The Kier molecular flexibility index (Phi) is 5.35. The third-order valence-electron chi connectivity index (χ3n) is 2.57. The van der Waals surface area contributed by atoms with Gasteiger partial charge >= 0.3 is 0 Å². The summed E-state index contributed by atoms with van der Waals surface area (Å²) in [4.78, 5) is 17.5. The summed E-state index contributed by atoms with van der Waals surface area (Å²) in [5.41, 5.74) is 7.46. The first-order valence-corrected chi connectivity index (χ1v) is 7.79. The maximum Gasteiger partial charge on any atom is 0.265 e. The van der Waals surface area contributed by atoms with Crippen molar-refractivity contribution in [1.82, 2.24) is 0 Å². The number of anilines is 1. The average Bonchev–Trinajstić information content (AvgIpc) is 2.97. The first kappa shape index (κ1) is 15.5. The fourth-order valence-corrected chi connectivity index (χ4v) is 2.41. The number of hydrogen-bond donors (Lipinski definition) is 2. The van der Waals surface area contributed by atoms with Crippen LogP contribution in [0.25, 0.3) is 0 Å². The van der Waals surface area contributed by atoms with Gasteiger partial charge < -0.3 is 15.9 Å². The molecule has 2 rings (SSSR count). The third-order valence-corrected chi connectivity index (χ3v) is 4.36. The van der Waals surface area contributed by atoms with Crippen LogP contribution in [-0.4, -0.2) is 18.3 Å². The van der Waals surface area contributed by atoms with E-state index in [-0.39, 0.29) is 18.3 Å². The first-order chi connectivity index (χ1) is 10.1. The van der Waals surface area contributed by atoms with Gasteiger partial charge in [-0.25, -0.2) is 0 Å². The van der Waals surface area contributed by atoms with Gasteiger partial charge in [-0.1, -0.05) is 27.2 Å². The summed E-state index contributed by atoms with van der Waals surface area (Å²) < 4.78 is 0.991. The number of carbonyl (C=O) groups excluding carboxylic acids is 1. The summed E-state index contributed by atoms with van der Waals surface area (Å²) in [7, 11) is 0. The quantitative estimate of drug-likeness (QED) is 0.484. The van der Waals surface area contributed by atoms with Crippen molar-refractivity contribution >= 4 is 44.7 Å². The Bertz CT molecular complexity index is 656.